The SMILES string of the molecule is N#CC1CCC(C2CC(CN3[C@H]4CC[C@@H]3C(N)C4)CCC2C2CC2)CC1F. The van der Waals surface area contributed by atoms with Crippen LogP contribution in [0.3, 0.4) is 0 Å². The van der Waals surface area contributed by atoms with Crippen molar-refractivity contribution in [2.45, 2.75) is 94.9 Å². The van der Waals surface area contributed by atoms with Gasteiger partial charge in [-0.25, -0.2) is 4.39 Å². The summed E-state index contributed by atoms with van der Waals surface area (Å²) >= 11 is 0. The molecule has 3 saturated carbocycles. The summed E-state index contributed by atoms with van der Waals surface area (Å²) in [6, 6.07) is 3.98. The molecule has 2 aliphatic heterocycles. The maximum Gasteiger partial charge on any atom is 0.116 e. The fraction of sp³-hybridized carbons (Fsp3) is 0.957. The first-order valence-electron chi connectivity index (χ1n) is 11.7. The summed E-state index contributed by atoms with van der Waals surface area (Å²) in [6.07, 6.45) is 12.3. The number of halogens is 1. The molecule has 2 saturated heterocycles. The molecule has 3 nitrogen and oxygen atoms in total. The predicted octanol–water partition coefficient (Wildman–Crippen LogP) is 4.27. The second-order valence-electron chi connectivity index (χ2n) is 10.6. The van der Waals surface area contributed by atoms with Crippen molar-refractivity contribution < 1.29 is 4.39 Å². The lowest BCUT2D eigenvalue weighted by atomic mass is 9.62. The Kier molecular flexibility index (Phi) is 4.97. The fourth-order valence-electron chi connectivity index (χ4n) is 7.55. The van der Waals surface area contributed by atoms with Crippen LogP contribution in [0.15, 0.2) is 0 Å². The van der Waals surface area contributed by atoms with E-state index in [-0.39, 0.29) is 5.92 Å². The molecule has 2 heterocycles. The van der Waals surface area contributed by atoms with E-state index in [0.717, 1.165) is 36.6 Å². The zero-order valence-corrected chi connectivity index (χ0v) is 16.6. The molecular formula is C23H36FN3. The molecule has 5 fully saturated rings. The van der Waals surface area contributed by atoms with Gasteiger partial charge in [0, 0.05) is 24.7 Å². The first-order valence-corrected chi connectivity index (χ1v) is 11.7. The summed E-state index contributed by atoms with van der Waals surface area (Å²) in [7, 11) is 0. The zero-order chi connectivity index (χ0) is 18.5. The molecule has 0 radical (unpaired) electrons. The van der Waals surface area contributed by atoms with Crippen molar-refractivity contribution >= 4 is 0 Å². The van der Waals surface area contributed by atoms with Gasteiger partial charge in [-0.1, -0.05) is 0 Å². The lowest BCUT2D eigenvalue weighted by Crippen LogP contribution is -2.42. The van der Waals surface area contributed by atoms with Gasteiger partial charge in [0.2, 0.25) is 0 Å². The van der Waals surface area contributed by atoms with E-state index >= 15 is 0 Å². The molecule has 5 aliphatic rings. The summed E-state index contributed by atoms with van der Waals surface area (Å²) in [5, 5.41) is 9.18. The Hall–Kier alpha value is -0.660. The van der Waals surface area contributed by atoms with Crippen LogP contribution in [0, 0.1) is 46.8 Å². The number of nitrogens with zero attached hydrogens (tertiary/aromatic N) is 2. The molecule has 0 amide bonds. The largest absolute Gasteiger partial charge is 0.326 e. The van der Waals surface area contributed by atoms with Crippen LogP contribution in [-0.4, -0.2) is 35.7 Å². The molecule has 9 atom stereocenters. The molecule has 0 aromatic rings. The van der Waals surface area contributed by atoms with E-state index in [1.165, 1.54) is 57.9 Å². The van der Waals surface area contributed by atoms with Crippen molar-refractivity contribution in [1.82, 2.24) is 4.90 Å². The van der Waals surface area contributed by atoms with Gasteiger partial charge in [0.15, 0.2) is 0 Å². The number of nitrogens with two attached hydrogens (primary N) is 1. The second kappa shape index (κ2) is 7.30. The minimum atomic E-state index is -0.888. The van der Waals surface area contributed by atoms with Gasteiger partial charge in [0.25, 0.3) is 0 Å². The molecule has 2 N–H and O–H groups in total. The quantitative estimate of drug-likeness (QED) is 0.800. The highest BCUT2D eigenvalue weighted by atomic mass is 19.1. The van der Waals surface area contributed by atoms with Gasteiger partial charge in [-0.3, -0.25) is 4.90 Å². The normalized spacial score (nSPS) is 50.6. The smallest absolute Gasteiger partial charge is 0.116 e. The van der Waals surface area contributed by atoms with Gasteiger partial charge in [0.05, 0.1) is 12.0 Å². The van der Waals surface area contributed by atoms with E-state index in [9.17, 15) is 9.65 Å². The van der Waals surface area contributed by atoms with Crippen LogP contribution in [-0.2, 0) is 0 Å². The van der Waals surface area contributed by atoms with Crippen LogP contribution in [0.2, 0.25) is 0 Å². The van der Waals surface area contributed by atoms with Crippen LogP contribution in [0.5, 0.6) is 0 Å². The van der Waals surface area contributed by atoms with Gasteiger partial charge in [-0.15, -0.1) is 0 Å². The Morgan fingerprint density at radius 2 is 1.70 bits per heavy atom. The summed E-state index contributed by atoms with van der Waals surface area (Å²) < 4.78 is 14.5. The lowest BCUT2D eigenvalue weighted by Gasteiger charge is -2.44. The first kappa shape index (κ1) is 18.4. The van der Waals surface area contributed by atoms with Crippen molar-refractivity contribution in [3.63, 3.8) is 0 Å². The minimum Gasteiger partial charge on any atom is -0.326 e. The monoisotopic (exact) mass is 373 g/mol. The average molecular weight is 374 g/mol. The Morgan fingerprint density at radius 1 is 0.889 bits per heavy atom. The third kappa shape index (κ3) is 3.44. The summed E-state index contributed by atoms with van der Waals surface area (Å²) in [5.74, 6) is 3.44. The molecule has 2 bridgehead atoms. The minimum absolute atomic E-state index is 0.346. The molecule has 7 unspecified atom stereocenters. The Labute approximate surface area is 163 Å². The van der Waals surface area contributed by atoms with Gasteiger partial charge >= 0.3 is 0 Å². The fourth-order valence-corrected chi connectivity index (χ4v) is 7.55. The van der Waals surface area contributed by atoms with Crippen LogP contribution < -0.4 is 5.73 Å². The van der Waals surface area contributed by atoms with Gasteiger partial charge in [0.1, 0.15) is 6.17 Å². The highest BCUT2D eigenvalue weighted by Gasteiger charge is 2.48. The van der Waals surface area contributed by atoms with Crippen LogP contribution >= 0.6 is 0 Å². The van der Waals surface area contributed by atoms with E-state index in [1.807, 2.05) is 0 Å². The predicted molar refractivity (Wildman–Crippen MR) is 104 cm³/mol. The zero-order valence-electron chi connectivity index (χ0n) is 16.6. The van der Waals surface area contributed by atoms with Gasteiger partial charge < -0.3 is 5.73 Å². The first-order chi connectivity index (χ1) is 13.1. The van der Waals surface area contributed by atoms with E-state index in [2.05, 4.69) is 11.0 Å². The molecule has 0 spiro atoms. The molecular weight excluding hydrogens is 337 g/mol. The maximum atomic E-state index is 14.5. The molecule has 0 aromatic heterocycles. The number of rotatable bonds is 4. The molecule has 3 aliphatic carbocycles. The summed E-state index contributed by atoms with van der Waals surface area (Å²) in [6.45, 7) is 1.24. The van der Waals surface area contributed by atoms with E-state index in [0.29, 0.717) is 30.3 Å². The van der Waals surface area contributed by atoms with Crippen LogP contribution in [0.4, 0.5) is 4.39 Å². The summed E-state index contributed by atoms with van der Waals surface area (Å²) in [4.78, 5) is 2.76. The van der Waals surface area contributed by atoms with Crippen molar-refractivity contribution in [3.05, 3.63) is 0 Å². The third-order valence-corrected chi connectivity index (χ3v) is 9.07. The summed E-state index contributed by atoms with van der Waals surface area (Å²) in [5.41, 5.74) is 6.36. The van der Waals surface area contributed by atoms with E-state index in [1.54, 1.807) is 0 Å². The van der Waals surface area contributed by atoms with E-state index in [4.69, 9.17) is 5.73 Å². The average Bonchev–Trinajstić information content (AvgIpc) is 3.39. The molecule has 150 valence electrons. The van der Waals surface area contributed by atoms with Crippen molar-refractivity contribution in [2.75, 3.05) is 6.54 Å². The standard InChI is InChI=1S/C23H36FN3/c24-21-10-16(4-5-17(21)12-25)20-9-14(1-7-19(20)15-2-3-15)13-27-18-6-8-23(27)22(26)11-18/h14-23H,1-11,13,26H2/t14?,16?,17?,18-,19?,20?,21?,22?,23+/m0/s1. The number of hydrogen-bond donors (Lipinski definition) is 1. The van der Waals surface area contributed by atoms with Crippen LogP contribution in [0.1, 0.15) is 70.6 Å². The second-order valence-corrected chi connectivity index (χ2v) is 10.6. The molecule has 0 aromatic carbocycles. The van der Waals surface area contributed by atoms with Gasteiger partial charge in [-0.2, -0.15) is 5.26 Å². The van der Waals surface area contributed by atoms with Gasteiger partial charge in [-0.05, 0) is 100 Å². The number of hydrogen-bond acceptors (Lipinski definition) is 3. The Balaban J connectivity index is 1.25. The highest BCUT2D eigenvalue weighted by Crippen LogP contribution is 2.53. The topological polar surface area (TPSA) is 53.0 Å². The van der Waals surface area contributed by atoms with Crippen LogP contribution in [0.25, 0.3) is 0 Å². The van der Waals surface area contributed by atoms with Crippen molar-refractivity contribution in [1.29, 1.82) is 5.26 Å². The lowest BCUT2D eigenvalue weighted by molar-refractivity contribution is 0.0368. The Morgan fingerprint density at radius 3 is 2.33 bits per heavy atom. The molecule has 27 heavy (non-hydrogen) atoms. The number of nitriles is 1. The van der Waals surface area contributed by atoms with Crippen molar-refractivity contribution in [2.24, 2.45) is 41.2 Å². The maximum absolute atomic E-state index is 14.5. The third-order valence-electron chi connectivity index (χ3n) is 9.07. The Bertz CT molecular complexity index is 585. The number of fused-ring (bicyclic) bond motifs is 2. The number of alkyl halides is 1. The van der Waals surface area contributed by atoms with E-state index < -0.39 is 6.17 Å². The molecule has 4 heteroatoms. The van der Waals surface area contributed by atoms with Crippen molar-refractivity contribution in [3.8, 4) is 6.07 Å². The molecule has 5 rings (SSSR count). The highest BCUT2D eigenvalue weighted by molar-refractivity contribution is 5.04.